The second-order valence-corrected chi connectivity index (χ2v) is 9.64. The molecule has 24 heavy (non-hydrogen) atoms. The fourth-order valence-corrected chi connectivity index (χ4v) is 3.51. The third-order valence-corrected chi connectivity index (χ3v) is 4.32. The van der Waals surface area contributed by atoms with Gasteiger partial charge in [0.2, 0.25) is 0 Å². The predicted molar refractivity (Wildman–Crippen MR) is 102 cm³/mol. The van der Waals surface area contributed by atoms with Gasteiger partial charge in [0.25, 0.3) is 0 Å². The van der Waals surface area contributed by atoms with E-state index in [4.69, 9.17) is 4.74 Å². The summed E-state index contributed by atoms with van der Waals surface area (Å²) in [5.41, 5.74) is 6.05. The molecule has 1 nitrogen and oxygen atoms in total. The number of ether oxygens (including phenoxy) is 1. The van der Waals surface area contributed by atoms with Crippen LogP contribution < -0.4 is 4.74 Å². The van der Waals surface area contributed by atoms with Crippen molar-refractivity contribution in [3.63, 3.8) is 0 Å². The molecule has 2 aromatic carbocycles. The first-order valence-corrected chi connectivity index (χ1v) is 9.01. The third-order valence-electron chi connectivity index (χ3n) is 4.32. The Morgan fingerprint density at radius 1 is 0.708 bits per heavy atom. The molecular weight excluding hydrogens is 292 g/mol. The van der Waals surface area contributed by atoms with Crippen molar-refractivity contribution < 1.29 is 4.74 Å². The molecule has 128 valence electrons. The van der Waals surface area contributed by atoms with E-state index in [1.807, 2.05) is 0 Å². The number of rotatable bonds is 2. The van der Waals surface area contributed by atoms with E-state index in [1.165, 1.54) is 22.3 Å². The van der Waals surface area contributed by atoms with Gasteiger partial charge in [0.1, 0.15) is 11.5 Å². The maximum atomic E-state index is 6.15. The summed E-state index contributed by atoms with van der Waals surface area (Å²) >= 11 is 0. The second kappa shape index (κ2) is 5.95. The molecule has 0 bridgehead atoms. The van der Waals surface area contributed by atoms with E-state index >= 15 is 0 Å². The van der Waals surface area contributed by atoms with E-state index in [0.717, 1.165) is 30.8 Å². The van der Waals surface area contributed by atoms with Gasteiger partial charge in [-0.2, -0.15) is 0 Å². The average Bonchev–Trinajstić information content (AvgIpc) is 2.41. The number of hydrogen-bond acceptors (Lipinski definition) is 1. The van der Waals surface area contributed by atoms with Gasteiger partial charge in [-0.1, -0.05) is 65.8 Å². The van der Waals surface area contributed by atoms with Crippen molar-refractivity contribution in [3.8, 4) is 11.5 Å². The van der Waals surface area contributed by atoms with Crippen molar-refractivity contribution in [1.82, 2.24) is 0 Å². The quantitative estimate of drug-likeness (QED) is 0.519. The molecular formula is C23H30O. The van der Waals surface area contributed by atoms with Gasteiger partial charge in [-0.25, -0.2) is 0 Å². The van der Waals surface area contributed by atoms with Crippen molar-refractivity contribution in [2.24, 2.45) is 10.8 Å². The number of benzene rings is 2. The summed E-state index contributed by atoms with van der Waals surface area (Å²) < 4.78 is 6.15. The highest BCUT2D eigenvalue weighted by Gasteiger charge is 2.20. The molecule has 0 aliphatic carbocycles. The molecule has 1 aliphatic rings. The Morgan fingerprint density at radius 3 is 1.50 bits per heavy atom. The van der Waals surface area contributed by atoms with Crippen LogP contribution in [0.25, 0.3) is 0 Å². The van der Waals surface area contributed by atoms with Gasteiger partial charge < -0.3 is 4.74 Å². The van der Waals surface area contributed by atoms with Gasteiger partial charge in [0, 0.05) is 6.42 Å². The molecule has 0 fully saturated rings. The van der Waals surface area contributed by atoms with E-state index in [-0.39, 0.29) is 0 Å². The van der Waals surface area contributed by atoms with Gasteiger partial charge in [0.15, 0.2) is 0 Å². The van der Waals surface area contributed by atoms with Gasteiger partial charge in [-0.05, 0) is 58.1 Å². The monoisotopic (exact) mass is 322 g/mol. The largest absolute Gasteiger partial charge is 0.457 e. The lowest BCUT2D eigenvalue weighted by Crippen LogP contribution is -2.11. The van der Waals surface area contributed by atoms with E-state index in [1.54, 1.807) is 0 Å². The van der Waals surface area contributed by atoms with E-state index < -0.39 is 0 Å². The van der Waals surface area contributed by atoms with Crippen molar-refractivity contribution in [1.29, 1.82) is 0 Å². The zero-order chi connectivity index (χ0) is 17.5. The van der Waals surface area contributed by atoms with Gasteiger partial charge in [-0.3, -0.25) is 0 Å². The van der Waals surface area contributed by atoms with Gasteiger partial charge in [0.05, 0.1) is 0 Å². The van der Waals surface area contributed by atoms with Gasteiger partial charge >= 0.3 is 0 Å². The summed E-state index contributed by atoms with van der Waals surface area (Å²) in [7, 11) is 0. The molecule has 0 N–H and O–H groups in total. The van der Waals surface area contributed by atoms with Crippen molar-refractivity contribution >= 4 is 0 Å². The Bertz CT molecular complexity index is 678. The lowest BCUT2D eigenvalue weighted by atomic mass is 9.85. The molecule has 1 heteroatoms. The maximum absolute atomic E-state index is 6.15. The molecule has 3 rings (SSSR count). The fourth-order valence-electron chi connectivity index (χ4n) is 3.51. The SMILES string of the molecule is CC(C)(C)Cc1ccc2c(c1)Cc1cc(CC(C)(C)C)ccc1O2. The first-order valence-electron chi connectivity index (χ1n) is 9.01. The predicted octanol–water partition coefficient (Wildman–Crippen LogP) is 6.56. The number of hydrogen-bond donors (Lipinski definition) is 0. The molecule has 2 aromatic rings. The highest BCUT2D eigenvalue weighted by Crippen LogP contribution is 2.38. The van der Waals surface area contributed by atoms with Crippen molar-refractivity contribution in [3.05, 3.63) is 58.7 Å². The molecule has 0 unspecified atom stereocenters. The molecule has 1 heterocycles. The van der Waals surface area contributed by atoms with Crippen LogP contribution in [0.5, 0.6) is 11.5 Å². The average molecular weight is 322 g/mol. The summed E-state index contributed by atoms with van der Waals surface area (Å²) in [5.74, 6) is 2.03. The van der Waals surface area contributed by atoms with Crippen molar-refractivity contribution in [2.75, 3.05) is 0 Å². The summed E-state index contributed by atoms with van der Waals surface area (Å²) in [4.78, 5) is 0. The van der Waals surface area contributed by atoms with Crippen LogP contribution in [-0.2, 0) is 19.3 Å². The van der Waals surface area contributed by atoms with Crippen LogP contribution >= 0.6 is 0 Å². The molecule has 0 atom stereocenters. The normalized spacial score (nSPS) is 13.9. The molecule has 0 amide bonds. The summed E-state index contributed by atoms with van der Waals surface area (Å²) in [6, 6.07) is 13.4. The summed E-state index contributed by atoms with van der Waals surface area (Å²) in [6.07, 6.45) is 3.16. The minimum atomic E-state index is 0.307. The molecule has 0 saturated heterocycles. The van der Waals surface area contributed by atoms with Crippen LogP contribution in [0.4, 0.5) is 0 Å². The van der Waals surface area contributed by atoms with E-state index in [2.05, 4.69) is 77.9 Å². The van der Waals surface area contributed by atoms with Crippen LogP contribution in [0.15, 0.2) is 36.4 Å². The molecule has 0 radical (unpaired) electrons. The van der Waals surface area contributed by atoms with E-state index in [9.17, 15) is 0 Å². The topological polar surface area (TPSA) is 9.23 Å². The lowest BCUT2D eigenvalue weighted by Gasteiger charge is -2.24. The summed E-state index contributed by atoms with van der Waals surface area (Å²) in [5, 5.41) is 0. The Balaban J connectivity index is 1.86. The molecule has 0 aromatic heterocycles. The zero-order valence-corrected chi connectivity index (χ0v) is 16.0. The standard InChI is InChI=1S/C23H30O/c1-22(2,3)14-16-7-9-20-18(11-16)13-19-12-17(15-23(4,5)6)8-10-21(19)24-20/h7-12H,13-15H2,1-6H3. The smallest absolute Gasteiger partial charge is 0.130 e. The lowest BCUT2D eigenvalue weighted by molar-refractivity contribution is 0.409. The van der Waals surface area contributed by atoms with E-state index in [0.29, 0.717) is 10.8 Å². The van der Waals surface area contributed by atoms with Crippen LogP contribution in [0.1, 0.15) is 63.8 Å². The fraction of sp³-hybridized carbons (Fsp3) is 0.478. The highest BCUT2D eigenvalue weighted by atomic mass is 16.5. The molecule has 0 spiro atoms. The highest BCUT2D eigenvalue weighted by molar-refractivity contribution is 5.52. The Labute approximate surface area is 147 Å². The first-order chi connectivity index (χ1) is 11.1. The van der Waals surface area contributed by atoms with Crippen LogP contribution in [-0.4, -0.2) is 0 Å². The van der Waals surface area contributed by atoms with Gasteiger partial charge in [-0.15, -0.1) is 0 Å². The molecule has 0 saturated carbocycles. The Kier molecular flexibility index (Phi) is 4.23. The first kappa shape index (κ1) is 17.1. The minimum Gasteiger partial charge on any atom is -0.457 e. The minimum absolute atomic E-state index is 0.307. The van der Waals surface area contributed by atoms with Crippen LogP contribution in [0.3, 0.4) is 0 Å². The Hall–Kier alpha value is -1.76. The summed E-state index contributed by atoms with van der Waals surface area (Å²) in [6.45, 7) is 13.7. The van der Waals surface area contributed by atoms with Crippen molar-refractivity contribution in [2.45, 2.75) is 60.8 Å². The van der Waals surface area contributed by atoms with Crippen LogP contribution in [0.2, 0.25) is 0 Å². The second-order valence-electron chi connectivity index (χ2n) is 9.64. The maximum Gasteiger partial charge on any atom is 0.130 e. The molecule has 1 aliphatic heterocycles. The Morgan fingerprint density at radius 2 is 1.12 bits per heavy atom. The zero-order valence-electron chi connectivity index (χ0n) is 16.0. The number of fused-ring (bicyclic) bond motifs is 2. The third kappa shape index (κ3) is 4.20. The van der Waals surface area contributed by atoms with Crippen LogP contribution in [0, 0.1) is 10.8 Å².